The van der Waals surface area contributed by atoms with Crippen molar-refractivity contribution in [3.63, 3.8) is 0 Å². The van der Waals surface area contributed by atoms with Crippen LogP contribution in [0.1, 0.15) is 18.3 Å². The Morgan fingerprint density at radius 3 is 2.89 bits per heavy atom. The van der Waals surface area contributed by atoms with Crippen molar-refractivity contribution >= 4 is 0 Å². The second-order valence-electron chi connectivity index (χ2n) is 5.13. The van der Waals surface area contributed by atoms with E-state index in [0.717, 1.165) is 35.6 Å². The smallest absolute Gasteiger partial charge is 0.254 e. The maximum atomic E-state index is 12.1. The number of aryl methyl sites for hydroxylation is 1. The van der Waals surface area contributed by atoms with Gasteiger partial charge in [0.05, 0.1) is 5.69 Å². The fraction of sp³-hybridized carbons (Fsp3) is 0.333. The van der Waals surface area contributed by atoms with Crippen molar-refractivity contribution in [2.45, 2.75) is 26.8 Å². The minimum Gasteiger partial charge on any atom is -0.296 e. The van der Waals surface area contributed by atoms with Gasteiger partial charge < -0.3 is 0 Å². The van der Waals surface area contributed by atoms with Crippen molar-refractivity contribution in [3.05, 3.63) is 52.1 Å². The first-order chi connectivity index (χ1) is 8.65. The van der Waals surface area contributed by atoms with Gasteiger partial charge in [-0.15, -0.1) is 0 Å². The molecule has 0 saturated heterocycles. The van der Waals surface area contributed by atoms with Crippen molar-refractivity contribution in [2.24, 2.45) is 5.92 Å². The summed E-state index contributed by atoms with van der Waals surface area (Å²) in [7, 11) is 0. The van der Waals surface area contributed by atoms with Gasteiger partial charge in [-0.1, -0.05) is 31.2 Å². The van der Waals surface area contributed by atoms with E-state index in [9.17, 15) is 4.79 Å². The zero-order valence-electron chi connectivity index (χ0n) is 10.7. The number of fused-ring (bicyclic) bond motifs is 1. The molecule has 2 heterocycles. The average Bonchev–Trinajstić information content (AvgIpc) is 2.71. The molecular weight excluding hydrogens is 224 g/mol. The van der Waals surface area contributed by atoms with Crippen molar-refractivity contribution in [2.75, 3.05) is 0 Å². The molecule has 0 radical (unpaired) electrons. The van der Waals surface area contributed by atoms with E-state index in [0.29, 0.717) is 5.92 Å². The highest BCUT2D eigenvalue weighted by molar-refractivity contribution is 5.62. The quantitative estimate of drug-likeness (QED) is 0.767. The molecule has 0 unspecified atom stereocenters. The number of aromatic nitrogens is 2. The molecule has 1 aliphatic rings. The van der Waals surface area contributed by atoms with E-state index in [2.05, 4.69) is 11.9 Å². The van der Waals surface area contributed by atoms with Gasteiger partial charge in [0.25, 0.3) is 5.56 Å². The van der Waals surface area contributed by atoms with Crippen molar-refractivity contribution < 1.29 is 0 Å². The molecular formula is C15H16N2O. The normalized spacial score (nSPS) is 17.8. The van der Waals surface area contributed by atoms with Crippen LogP contribution in [0.15, 0.2) is 35.1 Å². The first-order valence-corrected chi connectivity index (χ1v) is 6.32. The minimum absolute atomic E-state index is 0.0719. The third-order valence-corrected chi connectivity index (χ3v) is 3.53. The highest BCUT2D eigenvalue weighted by Gasteiger charge is 2.21. The predicted octanol–water partition coefficient (Wildman–Crippen LogP) is 2.41. The van der Waals surface area contributed by atoms with Crippen molar-refractivity contribution in [1.82, 2.24) is 9.55 Å². The number of nitrogens with zero attached hydrogens (tertiary/aromatic N) is 2. The molecule has 0 aliphatic carbocycles. The van der Waals surface area contributed by atoms with Crippen LogP contribution in [0, 0.1) is 12.8 Å². The fourth-order valence-corrected chi connectivity index (χ4v) is 2.59. The van der Waals surface area contributed by atoms with E-state index in [4.69, 9.17) is 0 Å². The molecule has 0 spiro atoms. The summed E-state index contributed by atoms with van der Waals surface area (Å²) in [5, 5.41) is 0. The molecule has 3 nitrogen and oxygen atoms in total. The van der Waals surface area contributed by atoms with Crippen LogP contribution >= 0.6 is 0 Å². The van der Waals surface area contributed by atoms with Gasteiger partial charge in [0.15, 0.2) is 0 Å². The molecule has 0 fully saturated rings. The molecule has 0 bridgehead atoms. The minimum atomic E-state index is 0.0719. The fourth-order valence-electron chi connectivity index (χ4n) is 2.59. The lowest BCUT2D eigenvalue weighted by Crippen LogP contribution is -2.20. The highest BCUT2D eigenvalue weighted by Crippen LogP contribution is 2.23. The van der Waals surface area contributed by atoms with Gasteiger partial charge in [-0.05, 0) is 18.4 Å². The zero-order chi connectivity index (χ0) is 12.7. The summed E-state index contributed by atoms with van der Waals surface area (Å²) in [6.45, 7) is 5.00. The van der Waals surface area contributed by atoms with Crippen LogP contribution in [-0.2, 0) is 13.0 Å². The largest absolute Gasteiger partial charge is 0.296 e. The van der Waals surface area contributed by atoms with E-state index in [1.54, 1.807) is 10.6 Å². The maximum Gasteiger partial charge on any atom is 0.254 e. The Kier molecular flexibility index (Phi) is 2.54. The molecule has 1 aromatic heterocycles. The first kappa shape index (κ1) is 11.2. The third-order valence-electron chi connectivity index (χ3n) is 3.53. The average molecular weight is 240 g/mol. The van der Waals surface area contributed by atoms with Gasteiger partial charge >= 0.3 is 0 Å². The standard InChI is InChI=1S/C15H16N2O/c1-10-7-14-16-13(8-15(18)17(14)9-10)12-6-4-3-5-11(12)2/h3-6,8,10H,7,9H2,1-2H3/t10-/m1/s1. The van der Waals surface area contributed by atoms with Gasteiger partial charge in [0, 0.05) is 24.6 Å². The maximum absolute atomic E-state index is 12.1. The van der Waals surface area contributed by atoms with Crippen LogP contribution in [0.5, 0.6) is 0 Å². The molecule has 0 N–H and O–H groups in total. The van der Waals surface area contributed by atoms with Crippen LogP contribution in [0.4, 0.5) is 0 Å². The van der Waals surface area contributed by atoms with Gasteiger partial charge in [-0.2, -0.15) is 0 Å². The van der Waals surface area contributed by atoms with E-state index in [1.165, 1.54) is 0 Å². The van der Waals surface area contributed by atoms with Gasteiger partial charge in [-0.25, -0.2) is 4.98 Å². The van der Waals surface area contributed by atoms with Gasteiger partial charge in [0.2, 0.25) is 0 Å². The molecule has 3 rings (SSSR count). The van der Waals surface area contributed by atoms with E-state index in [1.807, 2.05) is 31.2 Å². The SMILES string of the molecule is Cc1ccccc1-c1cc(=O)n2c(n1)C[C@@H](C)C2. The monoisotopic (exact) mass is 240 g/mol. The second kappa shape index (κ2) is 4.09. The van der Waals surface area contributed by atoms with Crippen LogP contribution in [0.2, 0.25) is 0 Å². The number of hydrogen-bond acceptors (Lipinski definition) is 2. The van der Waals surface area contributed by atoms with E-state index >= 15 is 0 Å². The lowest BCUT2D eigenvalue weighted by atomic mass is 10.1. The van der Waals surface area contributed by atoms with Crippen LogP contribution < -0.4 is 5.56 Å². The summed E-state index contributed by atoms with van der Waals surface area (Å²) in [5.74, 6) is 1.44. The third kappa shape index (κ3) is 1.76. The Labute approximate surface area is 106 Å². The predicted molar refractivity (Wildman–Crippen MR) is 71.5 cm³/mol. The van der Waals surface area contributed by atoms with E-state index < -0.39 is 0 Å². The van der Waals surface area contributed by atoms with Gasteiger partial charge in [0.1, 0.15) is 5.82 Å². The van der Waals surface area contributed by atoms with Crippen LogP contribution in [0.25, 0.3) is 11.3 Å². The second-order valence-corrected chi connectivity index (χ2v) is 5.13. The summed E-state index contributed by atoms with van der Waals surface area (Å²) in [6.07, 6.45) is 0.898. The van der Waals surface area contributed by atoms with Crippen LogP contribution in [0.3, 0.4) is 0 Å². The molecule has 92 valence electrons. The molecule has 18 heavy (non-hydrogen) atoms. The molecule has 3 heteroatoms. The van der Waals surface area contributed by atoms with E-state index in [-0.39, 0.29) is 5.56 Å². The van der Waals surface area contributed by atoms with Gasteiger partial charge in [-0.3, -0.25) is 9.36 Å². The molecule has 2 aromatic rings. The number of rotatable bonds is 1. The Bertz CT molecular complexity index is 658. The summed E-state index contributed by atoms with van der Waals surface area (Å²) < 4.78 is 1.80. The Morgan fingerprint density at radius 2 is 2.11 bits per heavy atom. The van der Waals surface area contributed by atoms with Crippen LogP contribution in [-0.4, -0.2) is 9.55 Å². The molecule has 1 aromatic carbocycles. The molecule has 1 aliphatic heterocycles. The molecule has 0 amide bonds. The molecule has 0 saturated carbocycles. The highest BCUT2D eigenvalue weighted by atomic mass is 16.1. The Morgan fingerprint density at radius 1 is 1.33 bits per heavy atom. The topological polar surface area (TPSA) is 34.9 Å². The molecule has 1 atom stereocenters. The lowest BCUT2D eigenvalue weighted by molar-refractivity contribution is 0.557. The first-order valence-electron chi connectivity index (χ1n) is 6.32. The number of hydrogen-bond donors (Lipinski definition) is 0. The Hall–Kier alpha value is -1.90. The summed E-state index contributed by atoms with van der Waals surface area (Å²) in [4.78, 5) is 16.7. The summed E-state index contributed by atoms with van der Waals surface area (Å²) >= 11 is 0. The Balaban J connectivity index is 2.17. The number of benzene rings is 1. The zero-order valence-corrected chi connectivity index (χ0v) is 10.7. The summed E-state index contributed by atoms with van der Waals surface area (Å²) in [5.41, 5.74) is 3.08. The summed E-state index contributed by atoms with van der Waals surface area (Å²) in [6, 6.07) is 9.71. The van der Waals surface area contributed by atoms with Crippen molar-refractivity contribution in [3.8, 4) is 11.3 Å². The van der Waals surface area contributed by atoms with Crippen molar-refractivity contribution in [1.29, 1.82) is 0 Å². The lowest BCUT2D eigenvalue weighted by Gasteiger charge is -2.07.